The van der Waals surface area contributed by atoms with Crippen molar-refractivity contribution in [1.29, 1.82) is 0 Å². The van der Waals surface area contributed by atoms with E-state index in [2.05, 4.69) is 16.8 Å². The monoisotopic (exact) mass is 517 g/mol. The van der Waals surface area contributed by atoms with E-state index < -0.39 is 4.92 Å². The predicted molar refractivity (Wildman–Crippen MR) is 149 cm³/mol. The molecule has 0 atom stereocenters. The Hall–Kier alpha value is -4.07. The Kier molecular flexibility index (Phi) is 11.4. The number of ether oxygens (including phenoxy) is 2. The van der Waals surface area contributed by atoms with Crippen LogP contribution in [0.15, 0.2) is 83.0 Å². The van der Waals surface area contributed by atoms with E-state index in [9.17, 15) is 14.9 Å². The second kappa shape index (κ2) is 15.2. The standard InChI is InChI=1S/C30H35N3O5/c1-23(2)30(34)38-22-12-8-6-4-3-5-7-11-21-37-29-20-19-28(26-13-9-10-14-27(26)29)32-31-24-15-17-25(18-16-24)33(35)36/h9-10,13-20H,1,3-8,11-12,21-22H2,2H3. The molecule has 8 nitrogen and oxygen atoms in total. The van der Waals surface area contributed by atoms with Crippen LogP contribution in [0.2, 0.25) is 0 Å². The van der Waals surface area contributed by atoms with Gasteiger partial charge in [0.25, 0.3) is 5.69 Å². The highest BCUT2D eigenvalue weighted by Crippen LogP contribution is 2.34. The Labute approximate surface area is 223 Å². The zero-order valence-corrected chi connectivity index (χ0v) is 21.9. The molecule has 0 saturated heterocycles. The first-order valence-corrected chi connectivity index (χ1v) is 13.1. The smallest absolute Gasteiger partial charge is 0.333 e. The van der Waals surface area contributed by atoms with Gasteiger partial charge in [0.05, 0.1) is 29.5 Å². The van der Waals surface area contributed by atoms with Crippen LogP contribution in [0.3, 0.4) is 0 Å². The number of nitro benzene ring substituents is 1. The maximum Gasteiger partial charge on any atom is 0.333 e. The molecule has 3 aromatic carbocycles. The first kappa shape index (κ1) is 28.5. The number of hydrogen-bond donors (Lipinski definition) is 0. The molecule has 0 aromatic heterocycles. The summed E-state index contributed by atoms with van der Waals surface area (Å²) < 4.78 is 11.2. The summed E-state index contributed by atoms with van der Waals surface area (Å²) in [7, 11) is 0. The van der Waals surface area contributed by atoms with Crippen LogP contribution in [0.4, 0.5) is 17.1 Å². The van der Waals surface area contributed by atoms with Crippen molar-refractivity contribution in [2.45, 2.75) is 58.3 Å². The van der Waals surface area contributed by atoms with E-state index in [-0.39, 0.29) is 11.7 Å². The molecule has 0 unspecified atom stereocenters. The summed E-state index contributed by atoms with van der Waals surface area (Å²) >= 11 is 0. The number of carbonyl (C=O) groups is 1. The summed E-state index contributed by atoms with van der Waals surface area (Å²) in [5.74, 6) is 0.517. The van der Waals surface area contributed by atoms with Gasteiger partial charge in [-0.2, -0.15) is 5.11 Å². The molecule has 0 bridgehead atoms. The van der Waals surface area contributed by atoms with Crippen molar-refractivity contribution in [2.24, 2.45) is 10.2 Å². The topological polar surface area (TPSA) is 103 Å². The van der Waals surface area contributed by atoms with Crippen molar-refractivity contribution in [2.75, 3.05) is 13.2 Å². The molecule has 3 rings (SSSR count). The Morgan fingerprint density at radius 1 is 0.816 bits per heavy atom. The van der Waals surface area contributed by atoms with E-state index in [4.69, 9.17) is 9.47 Å². The number of non-ortho nitro benzene ring substituents is 1. The molecule has 0 aliphatic heterocycles. The lowest BCUT2D eigenvalue weighted by Gasteiger charge is -2.11. The zero-order chi connectivity index (χ0) is 27.2. The molecular weight excluding hydrogens is 482 g/mol. The molecule has 0 radical (unpaired) electrons. The lowest BCUT2D eigenvalue weighted by atomic mass is 10.1. The average Bonchev–Trinajstić information content (AvgIpc) is 2.92. The van der Waals surface area contributed by atoms with Crippen LogP contribution in [0.25, 0.3) is 10.8 Å². The van der Waals surface area contributed by atoms with Gasteiger partial charge in [0, 0.05) is 28.5 Å². The number of esters is 1. The van der Waals surface area contributed by atoms with Crippen LogP contribution in [0, 0.1) is 10.1 Å². The van der Waals surface area contributed by atoms with E-state index in [1.54, 1.807) is 19.1 Å². The van der Waals surface area contributed by atoms with Crippen LogP contribution in [-0.4, -0.2) is 24.1 Å². The second-order valence-corrected chi connectivity index (χ2v) is 9.20. The van der Waals surface area contributed by atoms with Crippen molar-refractivity contribution in [3.8, 4) is 5.75 Å². The summed E-state index contributed by atoms with van der Waals surface area (Å²) in [6.45, 7) is 6.36. The highest BCUT2D eigenvalue weighted by atomic mass is 16.6. The normalized spacial score (nSPS) is 11.1. The molecule has 0 amide bonds. The summed E-state index contributed by atoms with van der Waals surface area (Å²) in [6, 6.07) is 17.7. The first-order chi connectivity index (χ1) is 18.5. The molecule has 3 aromatic rings. The summed E-state index contributed by atoms with van der Waals surface area (Å²) in [5, 5.41) is 21.3. The minimum absolute atomic E-state index is 0.0200. The van der Waals surface area contributed by atoms with Gasteiger partial charge >= 0.3 is 5.97 Å². The molecule has 0 aliphatic carbocycles. The number of fused-ring (bicyclic) bond motifs is 1. The number of nitro groups is 1. The zero-order valence-electron chi connectivity index (χ0n) is 21.9. The van der Waals surface area contributed by atoms with E-state index in [0.29, 0.717) is 30.2 Å². The molecule has 0 spiro atoms. The first-order valence-electron chi connectivity index (χ1n) is 13.1. The number of benzene rings is 3. The van der Waals surface area contributed by atoms with E-state index in [0.717, 1.165) is 48.6 Å². The van der Waals surface area contributed by atoms with Crippen molar-refractivity contribution < 1.29 is 19.2 Å². The van der Waals surface area contributed by atoms with Gasteiger partial charge in [-0.15, -0.1) is 5.11 Å². The highest BCUT2D eigenvalue weighted by molar-refractivity contribution is 5.96. The molecule has 200 valence electrons. The quantitative estimate of drug-likeness (QED) is 0.0471. The number of azo groups is 1. The maximum atomic E-state index is 11.3. The van der Waals surface area contributed by atoms with Gasteiger partial charge in [-0.05, 0) is 44.0 Å². The molecule has 0 heterocycles. The summed E-state index contributed by atoms with van der Waals surface area (Å²) in [5.41, 5.74) is 1.72. The van der Waals surface area contributed by atoms with Crippen molar-refractivity contribution in [3.63, 3.8) is 0 Å². The van der Waals surface area contributed by atoms with Crippen LogP contribution in [0.5, 0.6) is 5.75 Å². The lowest BCUT2D eigenvalue weighted by Crippen LogP contribution is -2.05. The van der Waals surface area contributed by atoms with Crippen molar-refractivity contribution >= 4 is 33.8 Å². The Morgan fingerprint density at radius 2 is 1.42 bits per heavy atom. The molecule has 0 aliphatic rings. The number of rotatable bonds is 16. The molecule has 0 fully saturated rings. The van der Waals surface area contributed by atoms with Crippen LogP contribution < -0.4 is 4.74 Å². The third-order valence-electron chi connectivity index (χ3n) is 6.07. The molecular formula is C30H35N3O5. The molecule has 0 saturated carbocycles. The third-order valence-corrected chi connectivity index (χ3v) is 6.07. The molecule has 8 heteroatoms. The fraction of sp³-hybridized carbons (Fsp3) is 0.367. The summed E-state index contributed by atoms with van der Waals surface area (Å²) in [6.07, 6.45) is 8.81. The van der Waals surface area contributed by atoms with E-state index in [1.807, 2.05) is 36.4 Å². The minimum atomic E-state index is -0.440. The molecule has 0 N–H and O–H groups in total. The number of carbonyl (C=O) groups excluding carboxylic acids is 1. The minimum Gasteiger partial charge on any atom is -0.493 e. The van der Waals surface area contributed by atoms with Crippen molar-refractivity contribution in [1.82, 2.24) is 0 Å². The highest BCUT2D eigenvalue weighted by Gasteiger charge is 2.08. The summed E-state index contributed by atoms with van der Waals surface area (Å²) in [4.78, 5) is 21.7. The number of unbranched alkanes of at least 4 members (excludes halogenated alkanes) is 7. The Balaban J connectivity index is 1.38. The fourth-order valence-electron chi connectivity index (χ4n) is 3.96. The van der Waals surface area contributed by atoms with Gasteiger partial charge in [-0.1, -0.05) is 69.4 Å². The maximum absolute atomic E-state index is 11.3. The Morgan fingerprint density at radius 3 is 2.05 bits per heavy atom. The van der Waals surface area contributed by atoms with E-state index >= 15 is 0 Å². The number of hydrogen-bond acceptors (Lipinski definition) is 7. The van der Waals surface area contributed by atoms with Crippen LogP contribution in [0.1, 0.15) is 58.3 Å². The van der Waals surface area contributed by atoms with Gasteiger partial charge in [0.1, 0.15) is 5.75 Å². The molecule has 38 heavy (non-hydrogen) atoms. The predicted octanol–water partition coefficient (Wildman–Crippen LogP) is 8.78. The average molecular weight is 518 g/mol. The third kappa shape index (κ3) is 9.10. The van der Waals surface area contributed by atoms with Gasteiger partial charge < -0.3 is 9.47 Å². The number of nitrogens with zero attached hydrogens (tertiary/aromatic N) is 3. The fourth-order valence-corrected chi connectivity index (χ4v) is 3.96. The Bertz CT molecular complexity index is 1250. The van der Waals surface area contributed by atoms with Crippen molar-refractivity contribution in [3.05, 3.63) is 82.9 Å². The lowest BCUT2D eigenvalue weighted by molar-refractivity contribution is -0.384. The van der Waals surface area contributed by atoms with Crippen LogP contribution in [-0.2, 0) is 9.53 Å². The van der Waals surface area contributed by atoms with E-state index in [1.165, 1.54) is 31.4 Å². The van der Waals surface area contributed by atoms with Gasteiger partial charge in [-0.3, -0.25) is 10.1 Å². The van der Waals surface area contributed by atoms with Gasteiger partial charge in [-0.25, -0.2) is 4.79 Å². The second-order valence-electron chi connectivity index (χ2n) is 9.20. The largest absolute Gasteiger partial charge is 0.493 e. The van der Waals surface area contributed by atoms with Gasteiger partial charge in [0.2, 0.25) is 0 Å². The van der Waals surface area contributed by atoms with Crippen LogP contribution >= 0.6 is 0 Å². The van der Waals surface area contributed by atoms with Gasteiger partial charge in [0.15, 0.2) is 0 Å². The SMILES string of the molecule is C=C(C)C(=O)OCCCCCCCCCCOc1ccc(N=Nc2ccc([N+](=O)[O-])cc2)c2ccccc12.